The van der Waals surface area contributed by atoms with Crippen LogP contribution >= 0.6 is 11.8 Å². The first kappa shape index (κ1) is 15.4. The molecule has 102 valence electrons. The van der Waals surface area contributed by atoms with Crippen LogP contribution in [0.2, 0.25) is 0 Å². The molecule has 0 saturated carbocycles. The highest BCUT2D eigenvalue weighted by Gasteiger charge is 2.00. The van der Waals surface area contributed by atoms with E-state index in [-0.39, 0.29) is 5.97 Å². The lowest BCUT2D eigenvalue weighted by Crippen LogP contribution is -2.03. The number of methoxy groups -OCH3 is 1. The maximum absolute atomic E-state index is 10.9. The largest absolute Gasteiger partial charge is 0.494 e. The number of esters is 1. The molecule has 19 heavy (non-hydrogen) atoms. The summed E-state index contributed by atoms with van der Waals surface area (Å²) in [6.07, 6.45) is 1.36. The zero-order valence-electron chi connectivity index (χ0n) is 10.9. The molecule has 0 spiro atoms. The van der Waals surface area contributed by atoms with E-state index in [0.29, 0.717) is 18.6 Å². The molecule has 0 amide bonds. The van der Waals surface area contributed by atoms with Gasteiger partial charge in [-0.25, -0.2) is 0 Å². The van der Waals surface area contributed by atoms with Gasteiger partial charge in [0.15, 0.2) is 0 Å². The Bertz CT molecular complexity index is 443. The van der Waals surface area contributed by atoms with Crippen molar-refractivity contribution in [2.75, 3.05) is 25.2 Å². The van der Waals surface area contributed by atoms with E-state index in [1.807, 2.05) is 6.07 Å². The van der Waals surface area contributed by atoms with E-state index >= 15 is 0 Å². The number of carbonyl (C=O) groups excluding carboxylic acids is 1. The Morgan fingerprint density at radius 3 is 3.00 bits per heavy atom. The summed E-state index contributed by atoms with van der Waals surface area (Å²) in [7, 11) is 1.40. The van der Waals surface area contributed by atoms with Gasteiger partial charge < -0.3 is 9.47 Å². The molecule has 4 nitrogen and oxygen atoms in total. The first-order chi connectivity index (χ1) is 9.26. The summed E-state index contributed by atoms with van der Waals surface area (Å²) in [5.74, 6) is 2.27. The van der Waals surface area contributed by atoms with E-state index in [9.17, 15) is 4.79 Å². The summed E-state index contributed by atoms with van der Waals surface area (Å²) in [4.78, 5) is 10.9. The SMILES string of the molecule is COC(=O)CCSCCCOc1cccc(C#N)c1. The summed E-state index contributed by atoms with van der Waals surface area (Å²) in [6.45, 7) is 0.611. The molecular weight excluding hydrogens is 262 g/mol. The Balaban J connectivity index is 2.08. The smallest absolute Gasteiger partial charge is 0.306 e. The molecule has 0 unspecified atom stereocenters. The molecule has 0 aromatic heterocycles. The Morgan fingerprint density at radius 1 is 1.42 bits per heavy atom. The number of rotatable bonds is 8. The van der Waals surface area contributed by atoms with Gasteiger partial charge in [-0.2, -0.15) is 17.0 Å². The van der Waals surface area contributed by atoms with Crippen LogP contribution in [-0.4, -0.2) is 31.2 Å². The number of benzene rings is 1. The zero-order chi connectivity index (χ0) is 13.9. The third-order valence-electron chi connectivity index (χ3n) is 2.34. The molecule has 1 aromatic rings. The summed E-state index contributed by atoms with van der Waals surface area (Å²) in [6, 6.07) is 9.19. The van der Waals surface area contributed by atoms with Crippen molar-refractivity contribution in [1.82, 2.24) is 0 Å². The fraction of sp³-hybridized carbons (Fsp3) is 0.429. The molecule has 0 bridgehead atoms. The van der Waals surface area contributed by atoms with E-state index in [1.54, 1.807) is 30.0 Å². The lowest BCUT2D eigenvalue weighted by Gasteiger charge is -2.06. The van der Waals surface area contributed by atoms with E-state index in [4.69, 9.17) is 10.00 Å². The number of hydrogen-bond acceptors (Lipinski definition) is 5. The van der Waals surface area contributed by atoms with E-state index in [0.717, 1.165) is 23.7 Å². The van der Waals surface area contributed by atoms with Crippen LogP contribution in [0.3, 0.4) is 0 Å². The fourth-order valence-corrected chi connectivity index (χ4v) is 2.20. The van der Waals surface area contributed by atoms with E-state index in [1.165, 1.54) is 7.11 Å². The topological polar surface area (TPSA) is 59.3 Å². The Kier molecular flexibility index (Phi) is 7.52. The molecule has 0 aliphatic heterocycles. The number of carbonyl (C=O) groups is 1. The minimum atomic E-state index is -0.169. The van der Waals surface area contributed by atoms with Gasteiger partial charge in [0, 0.05) is 5.75 Å². The predicted octanol–water partition coefficient (Wildman–Crippen LogP) is 2.62. The van der Waals surface area contributed by atoms with Gasteiger partial charge in [-0.05, 0) is 30.4 Å². The molecule has 0 radical (unpaired) electrons. The molecule has 0 aliphatic carbocycles. The molecule has 0 fully saturated rings. The lowest BCUT2D eigenvalue weighted by molar-refractivity contribution is -0.140. The second-order valence-electron chi connectivity index (χ2n) is 3.78. The first-order valence-corrected chi connectivity index (χ1v) is 7.19. The van der Waals surface area contributed by atoms with Crippen LogP contribution in [0.5, 0.6) is 5.75 Å². The van der Waals surface area contributed by atoms with Crippen molar-refractivity contribution in [2.45, 2.75) is 12.8 Å². The monoisotopic (exact) mass is 279 g/mol. The number of hydrogen-bond donors (Lipinski definition) is 0. The average molecular weight is 279 g/mol. The highest BCUT2D eigenvalue weighted by molar-refractivity contribution is 7.99. The summed E-state index contributed by atoms with van der Waals surface area (Å²) >= 11 is 1.71. The summed E-state index contributed by atoms with van der Waals surface area (Å²) in [5, 5.41) is 8.75. The van der Waals surface area contributed by atoms with Gasteiger partial charge >= 0.3 is 5.97 Å². The fourth-order valence-electron chi connectivity index (χ4n) is 1.37. The van der Waals surface area contributed by atoms with Crippen LogP contribution in [-0.2, 0) is 9.53 Å². The molecular formula is C14H17NO3S. The van der Waals surface area contributed by atoms with Crippen molar-refractivity contribution in [1.29, 1.82) is 5.26 Å². The second-order valence-corrected chi connectivity index (χ2v) is 5.00. The second kappa shape index (κ2) is 9.29. The molecule has 0 aliphatic rings. The first-order valence-electron chi connectivity index (χ1n) is 6.04. The van der Waals surface area contributed by atoms with Crippen molar-refractivity contribution in [3.63, 3.8) is 0 Å². The summed E-state index contributed by atoms with van der Waals surface area (Å²) < 4.78 is 10.1. The van der Waals surface area contributed by atoms with Gasteiger partial charge in [-0.3, -0.25) is 4.79 Å². The normalized spacial score (nSPS) is 9.68. The molecule has 5 heteroatoms. The number of ether oxygens (including phenoxy) is 2. The van der Waals surface area contributed by atoms with Crippen molar-refractivity contribution in [3.05, 3.63) is 29.8 Å². The molecule has 1 aromatic carbocycles. The van der Waals surface area contributed by atoms with Crippen LogP contribution in [0.25, 0.3) is 0 Å². The molecule has 1 rings (SSSR count). The van der Waals surface area contributed by atoms with Crippen molar-refractivity contribution in [2.24, 2.45) is 0 Å². The molecule has 0 saturated heterocycles. The van der Waals surface area contributed by atoms with Gasteiger partial charge in [0.2, 0.25) is 0 Å². The zero-order valence-corrected chi connectivity index (χ0v) is 11.7. The number of thioether (sulfide) groups is 1. The van der Waals surface area contributed by atoms with Gasteiger partial charge in [-0.15, -0.1) is 0 Å². The van der Waals surface area contributed by atoms with Gasteiger partial charge in [0.1, 0.15) is 5.75 Å². The van der Waals surface area contributed by atoms with Crippen LogP contribution in [0.15, 0.2) is 24.3 Å². The highest BCUT2D eigenvalue weighted by atomic mass is 32.2. The number of nitriles is 1. The van der Waals surface area contributed by atoms with Gasteiger partial charge in [0.05, 0.1) is 31.8 Å². The molecule has 0 heterocycles. The van der Waals surface area contributed by atoms with Crippen molar-refractivity contribution < 1.29 is 14.3 Å². The third kappa shape index (κ3) is 6.73. The third-order valence-corrected chi connectivity index (χ3v) is 3.41. The number of nitrogens with zero attached hydrogens (tertiary/aromatic N) is 1. The van der Waals surface area contributed by atoms with Crippen molar-refractivity contribution in [3.8, 4) is 11.8 Å². The lowest BCUT2D eigenvalue weighted by atomic mass is 10.2. The Morgan fingerprint density at radius 2 is 2.26 bits per heavy atom. The van der Waals surface area contributed by atoms with Crippen LogP contribution < -0.4 is 4.74 Å². The van der Waals surface area contributed by atoms with Crippen LogP contribution in [0.4, 0.5) is 0 Å². The van der Waals surface area contributed by atoms with Gasteiger partial charge in [0.25, 0.3) is 0 Å². The van der Waals surface area contributed by atoms with Crippen LogP contribution in [0, 0.1) is 11.3 Å². The summed E-state index contributed by atoms with van der Waals surface area (Å²) in [5.41, 5.74) is 0.602. The van der Waals surface area contributed by atoms with Crippen LogP contribution in [0.1, 0.15) is 18.4 Å². The van der Waals surface area contributed by atoms with E-state index in [2.05, 4.69) is 10.8 Å². The minimum absolute atomic E-state index is 0.169. The Labute approximate surface area is 117 Å². The maximum Gasteiger partial charge on any atom is 0.306 e. The highest BCUT2D eigenvalue weighted by Crippen LogP contribution is 2.13. The standard InChI is InChI=1S/C14H17NO3S/c1-17-14(16)6-9-19-8-3-7-18-13-5-2-4-12(10-13)11-15/h2,4-5,10H,3,6-9H2,1H3. The quantitative estimate of drug-likeness (QED) is 0.541. The molecule has 0 N–H and O–H groups in total. The Hall–Kier alpha value is -1.67. The van der Waals surface area contributed by atoms with Crippen molar-refractivity contribution >= 4 is 17.7 Å². The van der Waals surface area contributed by atoms with Gasteiger partial charge in [-0.1, -0.05) is 6.07 Å². The molecule has 0 atom stereocenters. The predicted molar refractivity (Wildman–Crippen MR) is 75.2 cm³/mol. The van der Waals surface area contributed by atoms with E-state index < -0.39 is 0 Å². The maximum atomic E-state index is 10.9. The minimum Gasteiger partial charge on any atom is -0.494 e. The average Bonchev–Trinajstić information content (AvgIpc) is 2.46.